The molecule has 1 aliphatic heterocycles. The van der Waals surface area contributed by atoms with E-state index in [1.54, 1.807) is 0 Å². The summed E-state index contributed by atoms with van der Waals surface area (Å²) >= 11 is 0. The molecule has 136 valence electrons. The van der Waals surface area contributed by atoms with Crippen LogP contribution in [0.4, 0.5) is 0 Å². The molecule has 1 N–H and O–H groups in total. The number of aryl methyl sites for hydroxylation is 2. The molecule has 1 saturated carbocycles. The van der Waals surface area contributed by atoms with Gasteiger partial charge in [-0.05, 0) is 38.3 Å². The molecule has 0 radical (unpaired) electrons. The Kier molecular flexibility index (Phi) is 5.13. The fourth-order valence-electron chi connectivity index (χ4n) is 4.07. The van der Waals surface area contributed by atoms with E-state index >= 15 is 0 Å². The highest BCUT2D eigenvalue weighted by molar-refractivity contribution is 6.06. The lowest BCUT2D eigenvalue weighted by atomic mass is 9.73. The van der Waals surface area contributed by atoms with Gasteiger partial charge >= 0.3 is 0 Å². The highest BCUT2D eigenvalue weighted by Gasteiger charge is 2.51. The number of likely N-dealkylation sites (tertiary alicyclic amines) is 1. The fraction of sp³-hybridized carbons (Fsp3) is 0.600. The Morgan fingerprint density at radius 2 is 1.92 bits per heavy atom. The third-order valence-corrected chi connectivity index (χ3v) is 5.46. The number of aliphatic hydroxyl groups is 1. The zero-order valence-corrected chi connectivity index (χ0v) is 15.1. The van der Waals surface area contributed by atoms with Crippen molar-refractivity contribution >= 4 is 11.8 Å². The SMILES string of the molecule is Cc1ccc(OCC(O)CN2C(=O)CC3(CCCCC3)C2=O)c(C)c1. The van der Waals surface area contributed by atoms with Crippen LogP contribution in [0.2, 0.25) is 0 Å². The van der Waals surface area contributed by atoms with Gasteiger partial charge in [-0.25, -0.2) is 0 Å². The van der Waals surface area contributed by atoms with Gasteiger partial charge in [0, 0.05) is 6.42 Å². The molecule has 2 fully saturated rings. The topological polar surface area (TPSA) is 66.8 Å². The molecule has 1 aromatic carbocycles. The average Bonchev–Trinajstić information content (AvgIpc) is 2.79. The van der Waals surface area contributed by atoms with Gasteiger partial charge in [0.2, 0.25) is 11.8 Å². The number of hydrogen-bond donors (Lipinski definition) is 1. The number of carbonyl (C=O) groups excluding carboxylic acids is 2. The van der Waals surface area contributed by atoms with Crippen LogP contribution in [-0.4, -0.2) is 41.1 Å². The van der Waals surface area contributed by atoms with Crippen molar-refractivity contribution in [3.05, 3.63) is 29.3 Å². The van der Waals surface area contributed by atoms with Crippen molar-refractivity contribution in [1.82, 2.24) is 4.90 Å². The van der Waals surface area contributed by atoms with Crippen molar-refractivity contribution in [1.29, 1.82) is 0 Å². The smallest absolute Gasteiger partial charge is 0.235 e. The number of rotatable bonds is 5. The van der Waals surface area contributed by atoms with E-state index in [2.05, 4.69) is 0 Å². The van der Waals surface area contributed by atoms with E-state index in [1.165, 1.54) is 4.90 Å². The Morgan fingerprint density at radius 1 is 1.20 bits per heavy atom. The van der Waals surface area contributed by atoms with Gasteiger partial charge in [-0.3, -0.25) is 14.5 Å². The predicted octanol–water partition coefficient (Wildman–Crippen LogP) is 2.75. The Hall–Kier alpha value is -1.88. The third-order valence-electron chi connectivity index (χ3n) is 5.46. The summed E-state index contributed by atoms with van der Waals surface area (Å²) in [6, 6.07) is 5.84. The van der Waals surface area contributed by atoms with E-state index in [0.29, 0.717) is 12.2 Å². The molecular weight excluding hydrogens is 318 g/mol. The number of ether oxygens (including phenoxy) is 1. The molecule has 1 aromatic rings. The minimum absolute atomic E-state index is 0.0182. The van der Waals surface area contributed by atoms with Gasteiger partial charge in [0.05, 0.1) is 12.0 Å². The summed E-state index contributed by atoms with van der Waals surface area (Å²) in [5, 5.41) is 10.3. The minimum atomic E-state index is -0.882. The molecule has 2 amide bonds. The van der Waals surface area contributed by atoms with Crippen molar-refractivity contribution < 1.29 is 19.4 Å². The first-order valence-electron chi connectivity index (χ1n) is 9.14. The van der Waals surface area contributed by atoms with Crippen molar-refractivity contribution in [2.24, 2.45) is 5.41 Å². The van der Waals surface area contributed by atoms with Crippen LogP contribution in [0.15, 0.2) is 18.2 Å². The maximum absolute atomic E-state index is 12.7. The number of aliphatic hydroxyl groups excluding tert-OH is 1. The second-order valence-corrected chi connectivity index (χ2v) is 7.56. The first-order valence-corrected chi connectivity index (χ1v) is 9.14. The Bertz CT molecular complexity index is 664. The lowest BCUT2D eigenvalue weighted by Gasteiger charge is -2.30. The summed E-state index contributed by atoms with van der Waals surface area (Å²) in [7, 11) is 0. The van der Waals surface area contributed by atoms with E-state index in [1.807, 2.05) is 32.0 Å². The van der Waals surface area contributed by atoms with Crippen LogP contribution in [0.5, 0.6) is 5.75 Å². The third kappa shape index (κ3) is 3.71. The van der Waals surface area contributed by atoms with E-state index < -0.39 is 11.5 Å². The van der Waals surface area contributed by atoms with E-state index in [9.17, 15) is 14.7 Å². The molecule has 1 heterocycles. The molecule has 1 unspecified atom stereocenters. The van der Waals surface area contributed by atoms with Crippen molar-refractivity contribution in [2.75, 3.05) is 13.2 Å². The maximum Gasteiger partial charge on any atom is 0.235 e. The molecule has 0 bridgehead atoms. The molecule has 5 heteroatoms. The molecule has 1 atom stereocenters. The molecule has 25 heavy (non-hydrogen) atoms. The molecule has 1 saturated heterocycles. The van der Waals surface area contributed by atoms with Crippen molar-refractivity contribution in [3.63, 3.8) is 0 Å². The number of amides is 2. The highest BCUT2D eigenvalue weighted by Crippen LogP contribution is 2.45. The number of β-amino-alcohol motifs (C(OH)–C–C–N with tert-alkyl or cyclic N) is 1. The first-order chi connectivity index (χ1) is 11.9. The summed E-state index contributed by atoms with van der Waals surface area (Å²) in [5.41, 5.74) is 1.65. The van der Waals surface area contributed by atoms with E-state index in [4.69, 9.17) is 4.74 Å². The summed E-state index contributed by atoms with van der Waals surface area (Å²) in [6.45, 7) is 4.05. The molecule has 0 aromatic heterocycles. The van der Waals surface area contributed by atoms with Crippen LogP contribution in [0.25, 0.3) is 0 Å². The number of carbonyl (C=O) groups is 2. The second-order valence-electron chi connectivity index (χ2n) is 7.56. The first kappa shape index (κ1) is 17.9. The number of hydrogen-bond acceptors (Lipinski definition) is 4. The van der Waals surface area contributed by atoms with Crippen LogP contribution >= 0.6 is 0 Å². The van der Waals surface area contributed by atoms with Crippen LogP contribution in [-0.2, 0) is 9.59 Å². The molecule has 1 aliphatic carbocycles. The van der Waals surface area contributed by atoms with Crippen molar-refractivity contribution in [2.45, 2.75) is 58.5 Å². The van der Waals surface area contributed by atoms with Crippen LogP contribution in [0.1, 0.15) is 49.7 Å². The normalized spacial score (nSPS) is 21.0. The minimum Gasteiger partial charge on any atom is -0.491 e. The summed E-state index contributed by atoms with van der Waals surface area (Å²) < 4.78 is 5.67. The highest BCUT2D eigenvalue weighted by atomic mass is 16.5. The Labute approximate surface area is 149 Å². The lowest BCUT2D eigenvalue weighted by Crippen LogP contribution is -2.42. The van der Waals surface area contributed by atoms with Crippen LogP contribution in [0.3, 0.4) is 0 Å². The maximum atomic E-state index is 12.7. The van der Waals surface area contributed by atoms with Gasteiger partial charge in [-0.2, -0.15) is 0 Å². The van der Waals surface area contributed by atoms with Gasteiger partial charge < -0.3 is 9.84 Å². The quantitative estimate of drug-likeness (QED) is 0.833. The van der Waals surface area contributed by atoms with Gasteiger partial charge in [-0.15, -0.1) is 0 Å². The van der Waals surface area contributed by atoms with Gasteiger partial charge in [0.15, 0.2) is 0 Å². The molecule has 2 aliphatic rings. The molecule has 5 nitrogen and oxygen atoms in total. The van der Waals surface area contributed by atoms with E-state index in [-0.39, 0.29) is 25.0 Å². The standard InChI is InChI=1S/C20H27NO4/c1-14-6-7-17(15(2)10-14)25-13-16(22)12-21-18(23)11-20(19(21)24)8-4-3-5-9-20/h6-7,10,16,22H,3-5,8-9,11-13H2,1-2H3. The molecule has 3 rings (SSSR count). The zero-order valence-electron chi connectivity index (χ0n) is 15.1. The van der Waals surface area contributed by atoms with Gasteiger partial charge in [0.1, 0.15) is 18.5 Å². The summed E-state index contributed by atoms with van der Waals surface area (Å²) in [4.78, 5) is 26.3. The number of nitrogens with zero attached hydrogens (tertiary/aromatic N) is 1. The van der Waals surface area contributed by atoms with Gasteiger partial charge in [0.25, 0.3) is 0 Å². The Morgan fingerprint density at radius 3 is 2.60 bits per heavy atom. The zero-order chi connectivity index (χ0) is 18.0. The molecular formula is C20H27NO4. The number of imide groups is 1. The molecule has 1 spiro atoms. The van der Waals surface area contributed by atoms with Crippen LogP contribution < -0.4 is 4.74 Å². The van der Waals surface area contributed by atoms with E-state index in [0.717, 1.165) is 43.2 Å². The summed E-state index contributed by atoms with van der Waals surface area (Å²) in [6.07, 6.45) is 4.15. The van der Waals surface area contributed by atoms with Crippen LogP contribution in [0, 0.1) is 19.3 Å². The van der Waals surface area contributed by atoms with Gasteiger partial charge in [-0.1, -0.05) is 37.0 Å². The average molecular weight is 345 g/mol. The second kappa shape index (κ2) is 7.16. The Balaban J connectivity index is 1.58. The fourth-order valence-corrected chi connectivity index (χ4v) is 4.07. The number of benzene rings is 1. The monoisotopic (exact) mass is 345 g/mol. The lowest BCUT2D eigenvalue weighted by molar-refractivity contribution is -0.144. The predicted molar refractivity (Wildman–Crippen MR) is 94.3 cm³/mol. The van der Waals surface area contributed by atoms with Crippen molar-refractivity contribution in [3.8, 4) is 5.75 Å². The largest absolute Gasteiger partial charge is 0.491 e. The summed E-state index contributed by atoms with van der Waals surface area (Å²) in [5.74, 6) is 0.465.